The van der Waals surface area contributed by atoms with Gasteiger partial charge in [-0.1, -0.05) is 24.9 Å². The molecule has 6 heteroatoms. The molecule has 1 aliphatic heterocycles. The molecule has 2 fully saturated rings. The quantitative estimate of drug-likeness (QED) is 0.307. The fourth-order valence-corrected chi connectivity index (χ4v) is 3.59. The number of amidine groups is 1. The first-order valence-electron chi connectivity index (χ1n) is 8.11. The minimum Gasteiger partial charge on any atom is -0.409 e. The molecule has 6 nitrogen and oxygen atoms in total. The Morgan fingerprint density at radius 1 is 1.38 bits per heavy atom. The number of carbonyl (C=O) groups excluding carboxylic acids is 1. The highest BCUT2D eigenvalue weighted by Gasteiger charge is 2.45. The van der Waals surface area contributed by atoms with E-state index >= 15 is 0 Å². The number of likely N-dealkylation sites (tertiary alicyclic amines) is 1. The molecule has 0 aromatic heterocycles. The lowest BCUT2D eigenvalue weighted by atomic mass is 9.83. The van der Waals surface area contributed by atoms with Gasteiger partial charge in [0.15, 0.2) is 5.84 Å². The summed E-state index contributed by atoms with van der Waals surface area (Å²) < 4.78 is 0. The third-order valence-corrected chi connectivity index (χ3v) is 5.20. The molecule has 1 aliphatic carbocycles. The Morgan fingerprint density at radius 2 is 2.00 bits per heavy atom. The van der Waals surface area contributed by atoms with Gasteiger partial charge in [-0.05, 0) is 51.2 Å². The van der Waals surface area contributed by atoms with E-state index in [4.69, 9.17) is 10.9 Å². The second-order valence-corrected chi connectivity index (χ2v) is 6.36. The predicted molar refractivity (Wildman–Crippen MR) is 82.2 cm³/mol. The summed E-state index contributed by atoms with van der Waals surface area (Å²) in [6.07, 6.45) is 5.54. The van der Waals surface area contributed by atoms with Gasteiger partial charge in [-0.3, -0.25) is 4.79 Å². The second kappa shape index (κ2) is 7.11. The van der Waals surface area contributed by atoms with Gasteiger partial charge in [0, 0.05) is 6.54 Å². The number of carbonyl (C=O) groups is 1. The summed E-state index contributed by atoms with van der Waals surface area (Å²) in [6.45, 7) is 6.22. The minimum absolute atomic E-state index is 0.0618. The molecule has 21 heavy (non-hydrogen) atoms. The average molecular weight is 296 g/mol. The normalized spacial score (nSPS) is 24.1. The predicted octanol–water partition coefficient (Wildman–Crippen LogP) is 1.14. The lowest BCUT2D eigenvalue weighted by Crippen LogP contribution is -2.49. The first-order chi connectivity index (χ1) is 10.1. The number of hydrogen-bond acceptors (Lipinski definition) is 4. The van der Waals surface area contributed by atoms with Crippen molar-refractivity contribution in [1.82, 2.24) is 10.2 Å². The summed E-state index contributed by atoms with van der Waals surface area (Å²) in [5, 5.41) is 15.1. The van der Waals surface area contributed by atoms with E-state index in [0.29, 0.717) is 25.3 Å². The lowest BCUT2D eigenvalue weighted by Gasteiger charge is -2.32. The van der Waals surface area contributed by atoms with Crippen molar-refractivity contribution >= 4 is 11.7 Å². The Labute approximate surface area is 126 Å². The molecule has 0 aromatic carbocycles. The highest BCUT2D eigenvalue weighted by atomic mass is 16.4. The molecule has 120 valence electrons. The van der Waals surface area contributed by atoms with E-state index in [2.05, 4.69) is 22.3 Å². The molecule has 2 rings (SSSR count). The molecule has 0 aromatic rings. The fraction of sp³-hybridized carbons (Fsp3) is 0.867. The van der Waals surface area contributed by atoms with Crippen molar-refractivity contribution in [3.63, 3.8) is 0 Å². The third-order valence-electron chi connectivity index (χ3n) is 5.20. The topological polar surface area (TPSA) is 91.0 Å². The summed E-state index contributed by atoms with van der Waals surface area (Å²) in [6, 6.07) is 0. The maximum atomic E-state index is 12.5. The van der Waals surface area contributed by atoms with Crippen LogP contribution in [-0.2, 0) is 4.79 Å². The number of nitrogens with two attached hydrogens (primary N) is 1. The molecule has 0 radical (unpaired) electrons. The Kier molecular flexibility index (Phi) is 5.45. The Morgan fingerprint density at radius 3 is 2.52 bits per heavy atom. The maximum absolute atomic E-state index is 12.5. The van der Waals surface area contributed by atoms with Crippen LogP contribution in [-0.4, -0.2) is 48.0 Å². The molecule has 1 saturated heterocycles. The minimum atomic E-state index is -0.779. The molecule has 0 bridgehead atoms. The van der Waals surface area contributed by atoms with Gasteiger partial charge >= 0.3 is 0 Å². The van der Waals surface area contributed by atoms with Gasteiger partial charge in [0.2, 0.25) is 5.91 Å². The highest BCUT2D eigenvalue weighted by molar-refractivity contribution is 6.07. The van der Waals surface area contributed by atoms with Crippen LogP contribution in [0.25, 0.3) is 0 Å². The van der Waals surface area contributed by atoms with Gasteiger partial charge in [-0.25, -0.2) is 0 Å². The monoisotopic (exact) mass is 296 g/mol. The number of oxime groups is 1. The van der Waals surface area contributed by atoms with Crippen LogP contribution in [0.15, 0.2) is 5.16 Å². The number of amides is 1. The number of hydrogen-bond donors (Lipinski definition) is 3. The van der Waals surface area contributed by atoms with Crippen LogP contribution in [0.5, 0.6) is 0 Å². The SMILES string of the molecule is CCN1CCC(CNC(=O)C2(C(N)=NO)CCCC2)CC1. The van der Waals surface area contributed by atoms with Crippen molar-refractivity contribution < 1.29 is 10.0 Å². The van der Waals surface area contributed by atoms with E-state index in [-0.39, 0.29) is 11.7 Å². The Balaban J connectivity index is 1.86. The molecule has 2 aliphatic rings. The standard InChI is InChI=1S/C15H28N4O2/c1-2-19-9-5-12(6-10-19)11-17-14(20)15(13(16)18-21)7-3-4-8-15/h12,21H,2-11H2,1H3,(H2,16,18)(H,17,20). The van der Waals surface area contributed by atoms with Crippen LogP contribution in [0.4, 0.5) is 0 Å². The van der Waals surface area contributed by atoms with Crippen molar-refractivity contribution in [2.75, 3.05) is 26.2 Å². The first kappa shape index (κ1) is 16.1. The van der Waals surface area contributed by atoms with Crippen LogP contribution in [0.1, 0.15) is 45.4 Å². The van der Waals surface area contributed by atoms with Gasteiger partial charge in [0.1, 0.15) is 5.41 Å². The van der Waals surface area contributed by atoms with Crippen LogP contribution in [0.2, 0.25) is 0 Å². The smallest absolute Gasteiger partial charge is 0.233 e. The van der Waals surface area contributed by atoms with Crippen molar-refractivity contribution in [2.45, 2.75) is 45.4 Å². The van der Waals surface area contributed by atoms with E-state index in [1.807, 2.05) is 0 Å². The summed E-state index contributed by atoms with van der Waals surface area (Å²) in [7, 11) is 0. The van der Waals surface area contributed by atoms with Crippen molar-refractivity contribution in [3.8, 4) is 0 Å². The van der Waals surface area contributed by atoms with E-state index in [1.165, 1.54) is 0 Å². The van der Waals surface area contributed by atoms with Gasteiger partial charge in [0.05, 0.1) is 0 Å². The first-order valence-corrected chi connectivity index (χ1v) is 8.11. The fourth-order valence-electron chi connectivity index (χ4n) is 3.59. The molecule has 1 heterocycles. The summed E-state index contributed by atoms with van der Waals surface area (Å²) in [5.74, 6) is 0.550. The van der Waals surface area contributed by atoms with Crippen LogP contribution < -0.4 is 11.1 Å². The molecule has 4 N–H and O–H groups in total. The zero-order valence-corrected chi connectivity index (χ0v) is 13.0. The molecule has 0 atom stereocenters. The van der Waals surface area contributed by atoms with Gasteiger partial charge in [-0.15, -0.1) is 0 Å². The number of nitrogens with one attached hydrogen (secondary N) is 1. The highest BCUT2D eigenvalue weighted by Crippen LogP contribution is 2.38. The second-order valence-electron chi connectivity index (χ2n) is 6.36. The number of rotatable bonds is 5. The van der Waals surface area contributed by atoms with Crippen molar-refractivity contribution in [3.05, 3.63) is 0 Å². The van der Waals surface area contributed by atoms with Gasteiger partial charge < -0.3 is 21.2 Å². The van der Waals surface area contributed by atoms with Gasteiger partial charge in [-0.2, -0.15) is 0 Å². The van der Waals surface area contributed by atoms with E-state index in [9.17, 15) is 4.79 Å². The lowest BCUT2D eigenvalue weighted by molar-refractivity contribution is -0.127. The number of nitrogens with zero attached hydrogens (tertiary/aromatic N) is 2. The molecule has 1 saturated carbocycles. The molecule has 0 spiro atoms. The molecular weight excluding hydrogens is 268 g/mol. The zero-order chi connectivity index (χ0) is 15.3. The molecular formula is C15H28N4O2. The molecule has 1 amide bonds. The summed E-state index contributed by atoms with van der Waals surface area (Å²) in [5.41, 5.74) is 5.01. The zero-order valence-electron chi connectivity index (χ0n) is 13.0. The summed E-state index contributed by atoms with van der Waals surface area (Å²) in [4.78, 5) is 15.0. The van der Waals surface area contributed by atoms with Crippen LogP contribution in [0.3, 0.4) is 0 Å². The third kappa shape index (κ3) is 3.48. The average Bonchev–Trinajstić information content (AvgIpc) is 3.03. The maximum Gasteiger partial charge on any atom is 0.233 e. The Hall–Kier alpha value is -1.30. The van der Waals surface area contributed by atoms with E-state index in [1.54, 1.807) is 0 Å². The Bertz CT molecular complexity index is 383. The largest absolute Gasteiger partial charge is 0.409 e. The van der Waals surface area contributed by atoms with Gasteiger partial charge in [0.25, 0.3) is 0 Å². The van der Waals surface area contributed by atoms with E-state index in [0.717, 1.165) is 45.3 Å². The number of piperidine rings is 1. The molecule has 0 unspecified atom stereocenters. The van der Waals surface area contributed by atoms with Crippen LogP contribution in [0, 0.1) is 11.3 Å². The van der Waals surface area contributed by atoms with Crippen LogP contribution >= 0.6 is 0 Å². The van der Waals surface area contributed by atoms with Crippen molar-refractivity contribution in [2.24, 2.45) is 22.2 Å². The summed E-state index contributed by atoms with van der Waals surface area (Å²) >= 11 is 0. The van der Waals surface area contributed by atoms with Crippen molar-refractivity contribution in [1.29, 1.82) is 0 Å². The van der Waals surface area contributed by atoms with E-state index < -0.39 is 5.41 Å².